The third-order valence-corrected chi connectivity index (χ3v) is 3.17. The molecule has 0 saturated heterocycles. The van der Waals surface area contributed by atoms with Crippen LogP contribution in [0.25, 0.3) is 0 Å². The molecule has 0 saturated carbocycles. The summed E-state index contributed by atoms with van der Waals surface area (Å²) in [4.78, 5) is 5.42. The number of anilines is 1. The molecule has 0 aliphatic rings. The summed E-state index contributed by atoms with van der Waals surface area (Å²) in [5.74, 6) is 0.741. The minimum atomic E-state index is 0.625. The highest BCUT2D eigenvalue weighted by molar-refractivity contribution is 7.10. The highest BCUT2D eigenvalue weighted by Gasteiger charge is 1.98. The Balaban J connectivity index is 2.02. The number of aromatic nitrogens is 1. The van der Waals surface area contributed by atoms with Crippen LogP contribution >= 0.6 is 11.3 Å². The SMILES string of the molecule is Cc1csc(CNc2cc(C#N)ccn2)c1. The summed E-state index contributed by atoms with van der Waals surface area (Å²) in [7, 11) is 0. The van der Waals surface area contributed by atoms with Crippen molar-refractivity contribution in [3.63, 3.8) is 0 Å². The molecule has 0 fully saturated rings. The Labute approximate surface area is 98.4 Å². The van der Waals surface area contributed by atoms with Gasteiger partial charge in [0.05, 0.1) is 18.2 Å². The molecule has 80 valence electrons. The van der Waals surface area contributed by atoms with Crippen LogP contribution in [-0.2, 0) is 6.54 Å². The van der Waals surface area contributed by atoms with Crippen molar-refractivity contribution in [2.24, 2.45) is 0 Å². The maximum absolute atomic E-state index is 8.75. The molecule has 0 spiro atoms. The summed E-state index contributed by atoms with van der Waals surface area (Å²) in [6.45, 7) is 2.83. The van der Waals surface area contributed by atoms with Gasteiger partial charge < -0.3 is 5.32 Å². The quantitative estimate of drug-likeness (QED) is 0.880. The van der Waals surface area contributed by atoms with Crippen molar-refractivity contribution in [3.8, 4) is 6.07 Å². The largest absolute Gasteiger partial charge is 0.365 e. The minimum absolute atomic E-state index is 0.625. The number of nitrogens with one attached hydrogen (secondary N) is 1. The third kappa shape index (κ3) is 2.59. The van der Waals surface area contributed by atoms with Gasteiger partial charge in [0, 0.05) is 11.1 Å². The Morgan fingerprint density at radius 2 is 2.38 bits per heavy atom. The average molecular weight is 229 g/mol. The Hall–Kier alpha value is -1.86. The molecule has 4 heteroatoms. The Morgan fingerprint density at radius 3 is 3.06 bits per heavy atom. The van der Waals surface area contributed by atoms with Crippen LogP contribution in [0.3, 0.4) is 0 Å². The van der Waals surface area contributed by atoms with Gasteiger partial charge >= 0.3 is 0 Å². The van der Waals surface area contributed by atoms with Crippen LogP contribution in [0.2, 0.25) is 0 Å². The number of rotatable bonds is 3. The Morgan fingerprint density at radius 1 is 1.50 bits per heavy atom. The average Bonchev–Trinajstić information content (AvgIpc) is 2.73. The van der Waals surface area contributed by atoms with E-state index in [0.717, 1.165) is 12.4 Å². The second kappa shape index (κ2) is 4.77. The molecular weight excluding hydrogens is 218 g/mol. The van der Waals surface area contributed by atoms with E-state index < -0.39 is 0 Å². The van der Waals surface area contributed by atoms with Gasteiger partial charge in [0.1, 0.15) is 5.82 Å². The van der Waals surface area contributed by atoms with E-state index in [1.165, 1.54) is 10.4 Å². The number of nitriles is 1. The molecular formula is C12H11N3S. The third-order valence-electron chi connectivity index (χ3n) is 2.12. The zero-order chi connectivity index (χ0) is 11.4. The minimum Gasteiger partial charge on any atom is -0.365 e. The van der Waals surface area contributed by atoms with Gasteiger partial charge in [0.2, 0.25) is 0 Å². The van der Waals surface area contributed by atoms with Crippen molar-refractivity contribution >= 4 is 17.2 Å². The zero-order valence-electron chi connectivity index (χ0n) is 8.90. The van der Waals surface area contributed by atoms with Gasteiger partial charge in [-0.15, -0.1) is 11.3 Å². The standard InChI is InChI=1S/C12H11N3S/c1-9-4-11(16-8-9)7-15-12-5-10(6-13)2-3-14-12/h2-5,8H,7H2,1H3,(H,14,15). The van der Waals surface area contributed by atoms with Crippen molar-refractivity contribution in [3.05, 3.63) is 45.8 Å². The van der Waals surface area contributed by atoms with Crippen molar-refractivity contribution in [2.75, 3.05) is 5.32 Å². The highest BCUT2D eigenvalue weighted by atomic mass is 32.1. The molecule has 2 rings (SSSR count). The fourth-order valence-corrected chi connectivity index (χ4v) is 2.17. The van der Waals surface area contributed by atoms with Crippen molar-refractivity contribution < 1.29 is 0 Å². The molecule has 2 aromatic heterocycles. The molecule has 0 aromatic carbocycles. The molecule has 0 aliphatic carbocycles. The number of hydrogen-bond donors (Lipinski definition) is 1. The molecule has 0 amide bonds. The lowest BCUT2D eigenvalue weighted by Crippen LogP contribution is -1.99. The number of aryl methyl sites for hydroxylation is 1. The fourth-order valence-electron chi connectivity index (χ4n) is 1.36. The van der Waals surface area contributed by atoms with Crippen molar-refractivity contribution in [1.29, 1.82) is 5.26 Å². The normalized spacial score (nSPS) is 9.75. The molecule has 2 aromatic rings. The summed E-state index contributed by atoms with van der Waals surface area (Å²) >= 11 is 1.72. The smallest absolute Gasteiger partial charge is 0.127 e. The van der Waals surface area contributed by atoms with E-state index in [9.17, 15) is 0 Å². The molecule has 0 bridgehead atoms. The van der Waals surface area contributed by atoms with E-state index in [-0.39, 0.29) is 0 Å². The maximum Gasteiger partial charge on any atom is 0.127 e. The number of hydrogen-bond acceptors (Lipinski definition) is 4. The molecule has 3 nitrogen and oxygen atoms in total. The van der Waals surface area contributed by atoms with Crippen LogP contribution in [0.5, 0.6) is 0 Å². The second-order valence-corrected chi connectivity index (χ2v) is 4.48. The van der Waals surface area contributed by atoms with Crippen LogP contribution in [0, 0.1) is 18.3 Å². The van der Waals surface area contributed by atoms with E-state index in [0.29, 0.717) is 5.56 Å². The molecule has 16 heavy (non-hydrogen) atoms. The van der Waals surface area contributed by atoms with Gasteiger partial charge in [-0.1, -0.05) is 0 Å². The van der Waals surface area contributed by atoms with Crippen LogP contribution in [0.1, 0.15) is 16.0 Å². The first kappa shape index (κ1) is 10.7. The molecule has 1 N–H and O–H groups in total. The predicted octanol–water partition coefficient (Wildman–Crippen LogP) is 2.94. The number of nitrogens with zero attached hydrogens (tertiary/aromatic N) is 2. The van der Waals surface area contributed by atoms with Gasteiger partial charge in [-0.05, 0) is 36.1 Å². The summed E-state index contributed by atoms with van der Waals surface area (Å²) in [5.41, 5.74) is 1.90. The number of pyridine rings is 1. The monoisotopic (exact) mass is 229 g/mol. The highest BCUT2D eigenvalue weighted by Crippen LogP contribution is 2.15. The van der Waals surface area contributed by atoms with Gasteiger partial charge in [-0.2, -0.15) is 5.26 Å². The first-order valence-corrected chi connectivity index (χ1v) is 5.80. The van der Waals surface area contributed by atoms with Crippen molar-refractivity contribution in [1.82, 2.24) is 4.98 Å². The maximum atomic E-state index is 8.75. The van der Waals surface area contributed by atoms with Crippen LogP contribution in [-0.4, -0.2) is 4.98 Å². The van der Waals surface area contributed by atoms with Crippen molar-refractivity contribution in [2.45, 2.75) is 13.5 Å². The lowest BCUT2D eigenvalue weighted by atomic mass is 10.3. The van der Waals surface area contributed by atoms with Crippen LogP contribution in [0.4, 0.5) is 5.82 Å². The van der Waals surface area contributed by atoms with Gasteiger partial charge in [0.25, 0.3) is 0 Å². The summed E-state index contributed by atoms with van der Waals surface area (Å²) in [6.07, 6.45) is 1.64. The lowest BCUT2D eigenvalue weighted by Gasteiger charge is -2.03. The Bertz CT molecular complexity index is 525. The zero-order valence-corrected chi connectivity index (χ0v) is 9.71. The summed E-state index contributed by atoms with van der Waals surface area (Å²) < 4.78 is 0. The Kier molecular flexibility index (Phi) is 3.18. The molecule has 0 atom stereocenters. The molecule has 0 unspecified atom stereocenters. The van der Waals surface area contributed by atoms with Gasteiger partial charge in [-0.25, -0.2) is 4.98 Å². The lowest BCUT2D eigenvalue weighted by molar-refractivity contribution is 1.14. The predicted molar refractivity (Wildman–Crippen MR) is 65.3 cm³/mol. The van der Waals surface area contributed by atoms with Crippen LogP contribution in [0.15, 0.2) is 29.8 Å². The number of thiophene rings is 1. The fraction of sp³-hybridized carbons (Fsp3) is 0.167. The molecule has 0 aliphatic heterocycles. The summed E-state index contributed by atoms with van der Waals surface area (Å²) in [5, 5.41) is 14.1. The topological polar surface area (TPSA) is 48.7 Å². The summed E-state index contributed by atoms with van der Waals surface area (Å²) in [6, 6.07) is 7.68. The van der Waals surface area contributed by atoms with Crippen LogP contribution < -0.4 is 5.32 Å². The van der Waals surface area contributed by atoms with E-state index in [4.69, 9.17) is 5.26 Å². The van der Waals surface area contributed by atoms with E-state index in [2.05, 4.69) is 34.7 Å². The first-order valence-electron chi connectivity index (χ1n) is 4.92. The van der Waals surface area contributed by atoms with E-state index >= 15 is 0 Å². The van der Waals surface area contributed by atoms with Gasteiger partial charge in [-0.3, -0.25) is 0 Å². The first-order chi connectivity index (χ1) is 7.78. The molecule has 2 heterocycles. The van der Waals surface area contributed by atoms with Gasteiger partial charge in [0.15, 0.2) is 0 Å². The molecule has 0 radical (unpaired) electrons. The van der Waals surface area contributed by atoms with E-state index in [1.54, 1.807) is 29.7 Å². The second-order valence-electron chi connectivity index (χ2n) is 3.49. The van der Waals surface area contributed by atoms with E-state index in [1.807, 2.05) is 0 Å².